The number of thiocarbonyl (C=S) groups is 1. The fourth-order valence-corrected chi connectivity index (χ4v) is 2.37. The molecule has 0 radical (unpaired) electrons. The minimum atomic E-state index is -0.674. The van der Waals surface area contributed by atoms with Gasteiger partial charge in [-0.2, -0.15) is 0 Å². The largest absolute Gasteiger partial charge is 0.328 e. The zero-order chi connectivity index (χ0) is 11.6. The Hall–Kier alpha value is -0.970. The molecular weight excluding hydrogens is 212 g/mol. The third kappa shape index (κ3) is 1.76. The highest BCUT2D eigenvalue weighted by Crippen LogP contribution is 2.34. The molecule has 84 valence electrons. The normalized spacial score (nSPS) is 26.9. The number of urea groups is 1. The van der Waals surface area contributed by atoms with Gasteiger partial charge in [-0.05, 0) is 12.8 Å². The number of nitrogens with zero attached hydrogens (tertiary/aromatic N) is 1. The summed E-state index contributed by atoms with van der Waals surface area (Å²) in [7, 11) is 1.60. The molecule has 0 bridgehead atoms. The summed E-state index contributed by atoms with van der Waals surface area (Å²) in [6.45, 7) is 3.93. The van der Waals surface area contributed by atoms with Crippen molar-refractivity contribution >= 4 is 29.1 Å². The van der Waals surface area contributed by atoms with Crippen molar-refractivity contribution < 1.29 is 9.59 Å². The molecule has 1 N–H and O–H groups in total. The van der Waals surface area contributed by atoms with Gasteiger partial charge in [0.25, 0.3) is 0 Å². The van der Waals surface area contributed by atoms with E-state index in [0.717, 1.165) is 6.42 Å². The molecule has 3 amide bonds. The molecule has 1 aliphatic heterocycles. The van der Waals surface area contributed by atoms with Crippen molar-refractivity contribution in [3.8, 4) is 0 Å². The average Bonchev–Trinajstić information content (AvgIpc) is 2.21. The molecule has 0 aromatic heterocycles. The van der Waals surface area contributed by atoms with E-state index in [1.165, 1.54) is 4.90 Å². The second kappa shape index (κ2) is 4.26. The van der Waals surface area contributed by atoms with Gasteiger partial charge in [0.1, 0.15) is 10.4 Å². The fourth-order valence-electron chi connectivity index (χ4n) is 1.95. The summed E-state index contributed by atoms with van der Waals surface area (Å²) in [5, 5.41) is 2.35. The van der Waals surface area contributed by atoms with Crippen LogP contribution in [0.15, 0.2) is 0 Å². The number of hydrogen-bond donors (Lipinski definition) is 1. The molecule has 0 saturated carbocycles. The zero-order valence-corrected chi connectivity index (χ0v) is 10.1. The molecule has 0 spiro atoms. The van der Waals surface area contributed by atoms with Gasteiger partial charge < -0.3 is 0 Å². The smallest absolute Gasteiger partial charge is 0.290 e. The lowest BCUT2D eigenvalue weighted by atomic mass is 9.78. The number of imide groups is 1. The van der Waals surface area contributed by atoms with E-state index >= 15 is 0 Å². The van der Waals surface area contributed by atoms with Crippen molar-refractivity contribution in [3.05, 3.63) is 0 Å². The number of rotatable bonds is 3. The summed E-state index contributed by atoms with van der Waals surface area (Å²) < 4.78 is 0. The third-order valence-corrected chi connectivity index (χ3v) is 3.62. The number of nitrogens with one attached hydrogen (secondary N) is 1. The highest BCUT2D eigenvalue weighted by atomic mass is 32.1. The maximum Gasteiger partial charge on any atom is 0.328 e. The van der Waals surface area contributed by atoms with Crippen molar-refractivity contribution in [1.29, 1.82) is 0 Å². The number of carbonyl (C=O) groups excluding carboxylic acids is 2. The van der Waals surface area contributed by atoms with Crippen molar-refractivity contribution in [2.75, 3.05) is 7.05 Å². The molecule has 15 heavy (non-hydrogen) atoms. The van der Waals surface area contributed by atoms with Crippen LogP contribution in [-0.2, 0) is 4.79 Å². The molecule has 0 aromatic rings. The monoisotopic (exact) mass is 228 g/mol. The van der Waals surface area contributed by atoms with E-state index < -0.39 is 11.4 Å². The maximum absolute atomic E-state index is 11.9. The summed E-state index contributed by atoms with van der Waals surface area (Å²) in [5.41, 5.74) is -0.674. The first-order valence-corrected chi connectivity index (χ1v) is 5.54. The van der Waals surface area contributed by atoms with Crippen LogP contribution in [0.1, 0.15) is 33.1 Å². The van der Waals surface area contributed by atoms with E-state index in [2.05, 4.69) is 5.32 Å². The number of amides is 3. The van der Waals surface area contributed by atoms with Crippen LogP contribution in [-0.4, -0.2) is 28.9 Å². The average molecular weight is 228 g/mol. The predicted molar refractivity (Wildman–Crippen MR) is 61.5 cm³/mol. The highest BCUT2D eigenvalue weighted by Gasteiger charge is 2.47. The first-order valence-electron chi connectivity index (χ1n) is 5.13. The van der Waals surface area contributed by atoms with Gasteiger partial charge in [-0.15, -0.1) is 0 Å². The Kier molecular flexibility index (Phi) is 3.44. The Labute approximate surface area is 95.0 Å². The molecule has 1 saturated heterocycles. The number of carbonyl (C=O) groups is 2. The van der Waals surface area contributed by atoms with Crippen molar-refractivity contribution in [1.82, 2.24) is 10.2 Å². The Bertz CT molecular complexity index is 317. The summed E-state index contributed by atoms with van der Waals surface area (Å²) in [6.07, 6.45) is 2.18. The van der Waals surface area contributed by atoms with Gasteiger partial charge in [0.05, 0.1) is 0 Å². The predicted octanol–water partition coefficient (Wildman–Crippen LogP) is 1.69. The lowest BCUT2D eigenvalue weighted by Gasteiger charge is -2.39. The van der Waals surface area contributed by atoms with Crippen LogP contribution in [0.2, 0.25) is 0 Å². The standard InChI is InChI=1S/C10H16N2O2S/c1-4-6-10(5-2)7(13)11-9(14)12(3)8(10)15/h4-6H2,1-3H3,(H,11,13,14)/t10-/m1/s1. The Balaban J connectivity index is 3.09. The van der Waals surface area contributed by atoms with Crippen LogP contribution in [0.3, 0.4) is 0 Å². The van der Waals surface area contributed by atoms with Crippen LogP contribution in [0, 0.1) is 5.41 Å². The van der Waals surface area contributed by atoms with Gasteiger partial charge in [0.2, 0.25) is 5.91 Å². The van der Waals surface area contributed by atoms with Crippen LogP contribution in [0.25, 0.3) is 0 Å². The molecule has 0 aliphatic carbocycles. The Morgan fingerprint density at radius 3 is 2.47 bits per heavy atom. The Morgan fingerprint density at radius 1 is 1.40 bits per heavy atom. The SMILES string of the molecule is CCC[C@]1(CC)C(=O)NC(=O)N(C)C1=S. The lowest BCUT2D eigenvalue weighted by molar-refractivity contribution is -0.128. The highest BCUT2D eigenvalue weighted by molar-refractivity contribution is 7.80. The molecule has 1 heterocycles. The first kappa shape index (κ1) is 12.1. The molecule has 4 nitrogen and oxygen atoms in total. The van der Waals surface area contributed by atoms with E-state index in [-0.39, 0.29) is 5.91 Å². The van der Waals surface area contributed by atoms with Crippen LogP contribution >= 0.6 is 12.2 Å². The molecular formula is C10H16N2O2S. The molecule has 0 unspecified atom stereocenters. The first-order chi connectivity index (χ1) is 6.99. The van der Waals surface area contributed by atoms with Crippen LogP contribution in [0.4, 0.5) is 4.79 Å². The summed E-state index contributed by atoms with van der Waals surface area (Å²) >= 11 is 5.22. The summed E-state index contributed by atoms with van der Waals surface area (Å²) in [6, 6.07) is -0.426. The topological polar surface area (TPSA) is 49.4 Å². The van der Waals surface area contributed by atoms with Crippen LogP contribution in [0.5, 0.6) is 0 Å². The third-order valence-electron chi connectivity index (χ3n) is 2.95. The van der Waals surface area contributed by atoms with E-state index in [4.69, 9.17) is 12.2 Å². The lowest BCUT2D eigenvalue weighted by Crippen LogP contribution is -2.61. The van der Waals surface area contributed by atoms with E-state index in [1.807, 2.05) is 13.8 Å². The molecule has 1 fully saturated rings. The van der Waals surface area contributed by atoms with Gasteiger partial charge >= 0.3 is 6.03 Å². The van der Waals surface area contributed by atoms with Crippen molar-refractivity contribution in [2.24, 2.45) is 5.41 Å². The zero-order valence-electron chi connectivity index (χ0n) is 9.29. The van der Waals surface area contributed by atoms with Gasteiger partial charge in [0.15, 0.2) is 0 Å². The van der Waals surface area contributed by atoms with Crippen molar-refractivity contribution in [3.63, 3.8) is 0 Å². The fraction of sp³-hybridized carbons (Fsp3) is 0.700. The molecule has 5 heteroatoms. The second-order valence-electron chi connectivity index (χ2n) is 3.81. The minimum Gasteiger partial charge on any atom is -0.290 e. The molecule has 1 atom stereocenters. The maximum atomic E-state index is 11.9. The molecule has 0 aromatic carbocycles. The summed E-state index contributed by atoms with van der Waals surface area (Å²) in [5.74, 6) is -0.250. The van der Waals surface area contributed by atoms with Crippen LogP contribution < -0.4 is 5.32 Å². The van der Waals surface area contributed by atoms with Gasteiger partial charge in [-0.25, -0.2) is 4.79 Å². The van der Waals surface area contributed by atoms with Gasteiger partial charge in [-0.1, -0.05) is 32.5 Å². The second-order valence-corrected chi connectivity index (χ2v) is 4.20. The van der Waals surface area contributed by atoms with Gasteiger partial charge in [0, 0.05) is 7.05 Å². The minimum absolute atomic E-state index is 0.250. The van der Waals surface area contributed by atoms with E-state index in [0.29, 0.717) is 17.8 Å². The number of hydrogen-bond acceptors (Lipinski definition) is 3. The molecule has 1 rings (SSSR count). The molecule has 1 aliphatic rings. The van der Waals surface area contributed by atoms with Crippen molar-refractivity contribution in [2.45, 2.75) is 33.1 Å². The quantitative estimate of drug-likeness (QED) is 0.748. The van der Waals surface area contributed by atoms with E-state index in [9.17, 15) is 9.59 Å². The Morgan fingerprint density at radius 2 is 2.00 bits per heavy atom. The van der Waals surface area contributed by atoms with Gasteiger partial charge in [-0.3, -0.25) is 15.0 Å². The van der Waals surface area contributed by atoms with E-state index in [1.54, 1.807) is 7.05 Å². The summed E-state index contributed by atoms with van der Waals surface area (Å²) in [4.78, 5) is 25.0.